The van der Waals surface area contributed by atoms with Crippen molar-refractivity contribution in [3.05, 3.63) is 53.6 Å². The van der Waals surface area contributed by atoms with Gasteiger partial charge in [-0.05, 0) is 24.6 Å². The molecule has 6 heteroatoms. The maximum atomic E-state index is 9.54. The molecule has 0 radical (unpaired) electrons. The Morgan fingerprint density at radius 3 is 3.04 bits per heavy atom. The number of hydrogen-bond acceptors (Lipinski definition) is 6. The van der Waals surface area contributed by atoms with Gasteiger partial charge in [0, 0.05) is 37.6 Å². The zero-order chi connectivity index (χ0) is 16.8. The first-order chi connectivity index (χ1) is 11.8. The van der Waals surface area contributed by atoms with Crippen LogP contribution in [0.1, 0.15) is 29.8 Å². The van der Waals surface area contributed by atoms with Gasteiger partial charge in [0.2, 0.25) is 0 Å². The molecule has 24 heavy (non-hydrogen) atoms. The quantitative estimate of drug-likeness (QED) is 0.873. The van der Waals surface area contributed by atoms with Gasteiger partial charge in [-0.25, -0.2) is 0 Å². The summed E-state index contributed by atoms with van der Waals surface area (Å²) in [5.74, 6) is 0.753. The van der Waals surface area contributed by atoms with Crippen LogP contribution in [0.4, 0.5) is 0 Å². The van der Waals surface area contributed by atoms with Crippen molar-refractivity contribution in [2.45, 2.75) is 26.2 Å². The third-order valence-corrected chi connectivity index (χ3v) is 4.06. The Hall–Kier alpha value is -2.02. The van der Waals surface area contributed by atoms with Gasteiger partial charge in [-0.2, -0.15) is 0 Å². The van der Waals surface area contributed by atoms with Crippen molar-refractivity contribution in [3.63, 3.8) is 0 Å². The molecule has 1 aromatic heterocycles. The topological polar surface area (TPSA) is 67.7 Å². The molecule has 0 saturated carbocycles. The van der Waals surface area contributed by atoms with E-state index in [1.54, 1.807) is 18.6 Å². The minimum absolute atomic E-state index is 0.0193. The predicted octanol–water partition coefficient (Wildman–Crippen LogP) is 1.94. The fourth-order valence-corrected chi connectivity index (χ4v) is 2.91. The summed E-state index contributed by atoms with van der Waals surface area (Å²) < 4.78 is 11.4. The number of benzene rings is 1. The SMILES string of the molecule is CCOc1ccc(CN2CCO[C@@H](c3cnccn3)C2)cc1CO. The third kappa shape index (κ3) is 4.08. The summed E-state index contributed by atoms with van der Waals surface area (Å²) in [6, 6.07) is 6.00. The molecule has 2 heterocycles. The molecule has 0 bridgehead atoms. The number of hydrogen-bond donors (Lipinski definition) is 1. The molecule has 1 aliphatic rings. The first-order valence-electron chi connectivity index (χ1n) is 8.25. The van der Waals surface area contributed by atoms with Crippen LogP contribution in [0.2, 0.25) is 0 Å². The molecular weight excluding hydrogens is 306 g/mol. The van der Waals surface area contributed by atoms with Gasteiger partial charge < -0.3 is 14.6 Å². The lowest BCUT2D eigenvalue weighted by Crippen LogP contribution is -2.38. The highest BCUT2D eigenvalue weighted by Crippen LogP contribution is 2.24. The van der Waals surface area contributed by atoms with Gasteiger partial charge in [0.15, 0.2) is 0 Å². The minimum atomic E-state index is -0.0486. The lowest BCUT2D eigenvalue weighted by atomic mass is 10.1. The Balaban J connectivity index is 1.67. The van der Waals surface area contributed by atoms with Crippen LogP contribution in [0.15, 0.2) is 36.8 Å². The molecule has 2 aromatic rings. The summed E-state index contributed by atoms with van der Waals surface area (Å²) in [6.45, 7) is 5.64. The zero-order valence-electron chi connectivity index (χ0n) is 13.9. The van der Waals surface area contributed by atoms with Crippen molar-refractivity contribution < 1.29 is 14.6 Å². The van der Waals surface area contributed by atoms with Gasteiger partial charge in [-0.1, -0.05) is 6.07 Å². The van der Waals surface area contributed by atoms with Gasteiger partial charge in [0.25, 0.3) is 0 Å². The van der Waals surface area contributed by atoms with Crippen molar-refractivity contribution in [2.24, 2.45) is 0 Å². The van der Waals surface area contributed by atoms with Crippen LogP contribution >= 0.6 is 0 Å². The molecule has 6 nitrogen and oxygen atoms in total. The fourth-order valence-electron chi connectivity index (χ4n) is 2.91. The molecule has 1 atom stereocenters. The zero-order valence-corrected chi connectivity index (χ0v) is 13.9. The number of morpholine rings is 1. The largest absolute Gasteiger partial charge is 0.494 e. The van der Waals surface area contributed by atoms with E-state index in [0.717, 1.165) is 42.2 Å². The second-order valence-electron chi connectivity index (χ2n) is 5.76. The van der Waals surface area contributed by atoms with Gasteiger partial charge >= 0.3 is 0 Å². The van der Waals surface area contributed by atoms with Crippen LogP contribution in [0, 0.1) is 0 Å². The number of aromatic nitrogens is 2. The van der Waals surface area contributed by atoms with Crippen molar-refractivity contribution in [3.8, 4) is 5.75 Å². The van der Waals surface area contributed by atoms with Crippen LogP contribution in [0.5, 0.6) is 5.75 Å². The van der Waals surface area contributed by atoms with Crippen LogP contribution in [0.25, 0.3) is 0 Å². The van der Waals surface area contributed by atoms with Gasteiger partial charge in [-0.15, -0.1) is 0 Å². The van der Waals surface area contributed by atoms with Gasteiger partial charge in [0.1, 0.15) is 11.9 Å². The number of aliphatic hydroxyl groups excluding tert-OH is 1. The van der Waals surface area contributed by atoms with E-state index in [2.05, 4.69) is 20.9 Å². The molecule has 1 N–H and O–H groups in total. The Morgan fingerprint density at radius 1 is 1.38 bits per heavy atom. The van der Waals surface area contributed by atoms with Gasteiger partial charge in [-0.3, -0.25) is 14.9 Å². The van der Waals surface area contributed by atoms with Crippen LogP contribution in [-0.2, 0) is 17.9 Å². The number of ether oxygens (including phenoxy) is 2. The molecule has 1 saturated heterocycles. The molecule has 128 valence electrons. The third-order valence-electron chi connectivity index (χ3n) is 4.06. The molecule has 3 rings (SSSR count). The molecular formula is C18H23N3O3. The second-order valence-corrected chi connectivity index (χ2v) is 5.76. The molecule has 0 aliphatic carbocycles. The van der Waals surface area contributed by atoms with Crippen molar-refractivity contribution >= 4 is 0 Å². The summed E-state index contributed by atoms with van der Waals surface area (Å²) in [5.41, 5.74) is 2.85. The molecule has 1 aromatic carbocycles. The highest BCUT2D eigenvalue weighted by Gasteiger charge is 2.23. The average Bonchev–Trinajstić information content (AvgIpc) is 2.64. The maximum Gasteiger partial charge on any atom is 0.124 e. The number of aliphatic hydroxyl groups is 1. The first-order valence-corrected chi connectivity index (χ1v) is 8.25. The normalized spacial score (nSPS) is 18.5. The lowest BCUT2D eigenvalue weighted by molar-refractivity contribution is -0.0351. The van der Waals surface area contributed by atoms with Crippen molar-refractivity contribution in [2.75, 3.05) is 26.3 Å². The Bertz CT molecular complexity index is 651. The van der Waals surface area contributed by atoms with E-state index in [1.807, 2.05) is 19.1 Å². The Kier molecular flexibility index (Phi) is 5.74. The molecule has 1 aliphatic heterocycles. The monoisotopic (exact) mass is 329 g/mol. The fraction of sp³-hybridized carbons (Fsp3) is 0.444. The number of rotatable bonds is 6. The Morgan fingerprint density at radius 2 is 2.29 bits per heavy atom. The Labute approximate surface area is 142 Å². The second kappa shape index (κ2) is 8.19. The number of nitrogens with zero attached hydrogens (tertiary/aromatic N) is 3. The smallest absolute Gasteiger partial charge is 0.124 e. The predicted molar refractivity (Wildman–Crippen MR) is 89.5 cm³/mol. The summed E-state index contributed by atoms with van der Waals surface area (Å²) in [5, 5.41) is 9.54. The van der Waals surface area contributed by atoms with Gasteiger partial charge in [0.05, 0.1) is 31.7 Å². The van der Waals surface area contributed by atoms with E-state index >= 15 is 0 Å². The molecule has 0 unspecified atom stereocenters. The molecule has 1 fully saturated rings. The summed E-state index contributed by atoms with van der Waals surface area (Å²) in [4.78, 5) is 10.8. The summed E-state index contributed by atoms with van der Waals surface area (Å²) >= 11 is 0. The maximum absolute atomic E-state index is 9.54. The van der Waals surface area contributed by atoms with E-state index in [4.69, 9.17) is 9.47 Å². The lowest BCUT2D eigenvalue weighted by Gasteiger charge is -2.32. The molecule has 0 amide bonds. The standard InChI is InChI=1S/C18H23N3O3/c1-2-23-17-4-3-14(9-15(17)13-22)11-21-7-8-24-18(12-21)16-10-19-5-6-20-16/h3-6,9-10,18,22H,2,7-8,11-13H2,1H3/t18-/m1/s1. The van der Waals surface area contributed by atoms with E-state index in [0.29, 0.717) is 13.2 Å². The summed E-state index contributed by atoms with van der Waals surface area (Å²) in [7, 11) is 0. The average molecular weight is 329 g/mol. The summed E-state index contributed by atoms with van der Waals surface area (Å²) in [6.07, 6.45) is 5.07. The van der Waals surface area contributed by atoms with Crippen LogP contribution in [0.3, 0.4) is 0 Å². The van der Waals surface area contributed by atoms with Crippen LogP contribution < -0.4 is 4.74 Å². The highest BCUT2D eigenvalue weighted by molar-refractivity contribution is 5.37. The van der Waals surface area contributed by atoms with E-state index in [-0.39, 0.29) is 12.7 Å². The van der Waals surface area contributed by atoms with E-state index in [9.17, 15) is 5.11 Å². The minimum Gasteiger partial charge on any atom is -0.494 e. The van der Waals surface area contributed by atoms with E-state index in [1.165, 1.54) is 0 Å². The first kappa shape index (κ1) is 16.8. The molecule has 0 spiro atoms. The van der Waals surface area contributed by atoms with Crippen molar-refractivity contribution in [1.29, 1.82) is 0 Å². The highest BCUT2D eigenvalue weighted by atomic mass is 16.5. The van der Waals surface area contributed by atoms with Crippen LogP contribution in [-0.4, -0.2) is 46.3 Å². The van der Waals surface area contributed by atoms with E-state index < -0.39 is 0 Å². The van der Waals surface area contributed by atoms with Crippen molar-refractivity contribution in [1.82, 2.24) is 14.9 Å².